The summed E-state index contributed by atoms with van der Waals surface area (Å²) in [5.74, 6) is 0. The van der Waals surface area contributed by atoms with E-state index in [1.807, 2.05) is 6.07 Å². The number of furan rings is 1. The fraction of sp³-hybridized carbons (Fsp3) is 0.158. The molecule has 0 saturated carbocycles. The molecule has 0 aliphatic carbocycles. The molecule has 0 atom stereocenters. The van der Waals surface area contributed by atoms with Crippen molar-refractivity contribution < 1.29 is 13.7 Å². The second kappa shape index (κ2) is 9.06. The monoisotopic (exact) mass is 546 g/mol. The lowest BCUT2D eigenvalue weighted by molar-refractivity contribution is 0.00578. The molecule has 8 rings (SSSR count). The molecule has 204 valence electrons. The topological polar surface area (TPSA) is 31.6 Å². The first-order valence-electron chi connectivity index (χ1n) is 14.6. The zero-order chi connectivity index (χ0) is 28.6. The molecule has 42 heavy (non-hydrogen) atoms. The summed E-state index contributed by atoms with van der Waals surface area (Å²) in [6.07, 6.45) is 0. The largest absolute Gasteiger partial charge is 0.494 e. The van der Waals surface area contributed by atoms with E-state index in [0.717, 1.165) is 32.8 Å². The van der Waals surface area contributed by atoms with E-state index in [1.54, 1.807) is 0 Å². The summed E-state index contributed by atoms with van der Waals surface area (Å²) in [6.45, 7) is 8.34. The van der Waals surface area contributed by atoms with Crippen LogP contribution in [0.1, 0.15) is 27.7 Å². The van der Waals surface area contributed by atoms with E-state index >= 15 is 0 Å². The molecule has 0 bridgehead atoms. The lowest BCUT2D eigenvalue weighted by atomic mass is 9.78. The predicted octanol–water partition coefficient (Wildman–Crippen LogP) is 9.53. The Hall–Kier alpha value is -4.38. The third-order valence-corrected chi connectivity index (χ3v) is 9.32. The van der Waals surface area contributed by atoms with Gasteiger partial charge >= 0.3 is 7.12 Å². The van der Waals surface area contributed by atoms with E-state index in [1.165, 1.54) is 38.4 Å². The first kappa shape index (κ1) is 25.3. The molecule has 0 spiro atoms. The average Bonchev–Trinajstić information content (AvgIpc) is 3.48. The van der Waals surface area contributed by atoms with Gasteiger partial charge in [0.15, 0.2) is 0 Å². The molecule has 3 nitrogen and oxygen atoms in total. The van der Waals surface area contributed by atoms with E-state index in [-0.39, 0.29) is 0 Å². The Morgan fingerprint density at radius 3 is 1.86 bits per heavy atom. The lowest BCUT2D eigenvalue weighted by Crippen LogP contribution is -2.41. The molecular weight excluding hydrogens is 515 g/mol. The van der Waals surface area contributed by atoms with Crippen LogP contribution in [0.4, 0.5) is 0 Å². The molecule has 6 aromatic carbocycles. The van der Waals surface area contributed by atoms with Crippen molar-refractivity contribution in [1.82, 2.24) is 0 Å². The Labute approximate surface area is 245 Å². The molecule has 0 radical (unpaired) electrons. The van der Waals surface area contributed by atoms with E-state index < -0.39 is 18.3 Å². The SMILES string of the molecule is CC1(C)OB(c2ccc3oc4c5ccccc5c(-c5ccc(-c6cccc7ccccc67)cc5)cc4c3c2)OC1(C)C. The molecule has 1 saturated heterocycles. The highest BCUT2D eigenvalue weighted by Crippen LogP contribution is 2.41. The first-order valence-corrected chi connectivity index (χ1v) is 14.6. The number of hydrogen-bond acceptors (Lipinski definition) is 3. The van der Waals surface area contributed by atoms with Crippen molar-refractivity contribution in [1.29, 1.82) is 0 Å². The fourth-order valence-corrected chi connectivity index (χ4v) is 6.29. The van der Waals surface area contributed by atoms with Gasteiger partial charge in [-0.05, 0) is 83.7 Å². The van der Waals surface area contributed by atoms with Gasteiger partial charge in [-0.1, -0.05) is 103 Å². The van der Waals surface area contributed by atoms with Crippen LogP contribution in [0.15, 0.2) is 120 Å². The Morgan fingerprint density at radius 1 is 0.500 bits per heavy atom. The van der Waals surface area contributed by atoms with Gasteiger partial charge < -0.3 is 13.7 Å². The van der Waals surface area contributed by atoms with Crippen LogP contribution in [-0.2, 0) is 9.31 Å². The maximum atomic E-state index is 6.49. The van der Waals surface area contributed by atoms with Crippen molar-refractivity contribution in [2.24, 2.45) is 0 Å². The van der Waals surface area contributed by atoms with E-state index in [9.17, 15) is 0 Å². The summed E-state index contributed by atoms with van der Waals surface area (Å²) in [5, 5.41) is 6.96. The first-order chi connectivity index (χ1) is 20.3. The molecule has 1 aliphatic heterocycles. The van der Waals surface area contributed by atoms with Gasteiger partial charge in [0.25, 0.3) is 0 Å². The molecule has 7 aromatic rings. The molecule has 2 heterocycles. The van der Waals surface area contributed by atoms with Crippen molar-refractivity contribution in [3.05, 3.63) is 115 Å². The van der Waals surface area contributed by atoms with Crippen LogP contribution in [0.25, 0.3) is 65.7 Å². The normalized spacial score (nSPS) is 16.2. The highest BCUT2D eigenvalue weighted by atomic mass is 16.7. The number of benzene rings is 6. The van der Waals surface area contributed by atoms with Crippen molar-refractivity contribution >= 4 is 56.1 Å². The quantitative estimate of drug-likeness (QED) is 0.207. The minimum Gasteiger partial charge on any atom is -0.455 e. The lowest BCUT2D eigenvalue weighted by Gasteiger charge is -2.32. The molecule has 1 fully saturated rings. The van der Waals surface area contributed by atoms with Gasteiger partial charge in [-0.15, -0.1) is 0 Å². The minimum atomic E-state index is -0.425. The number of fused-ring (bicyclic) bond motifs is 6. The molecule has 0 amide bonds. The third kappa shape index (κ3) is 3.83. The van der Waals surface area contributed by atoms with Crippen LogP contribution in [0.3, 0.4) is 0 Å². The summed E-state index contributed by atoms with van der Waals surface area (Å²) in [5.41, 5.74) is 6.79. The van der Waals surface area contributed by atoms with Gasteiger partial charge in [-0.25, -0.2) is 0 Å². The van der Waals surface area contributed by atoms with Crippen LogP contribution >= 0.6 is 0 Å². The predicted molar refractivity (Wildman–Crippen MR) is 175 cm³/mol. The standard InChI is InChI=1S/C38H31BO3/c1-37(2)38(3,4)42-39(41-37)27-20-21-35-33(22-27)34-23-32(30-13-7-8-14-31(30)36(34)40-35)26-18-16-25(17-19-26)29-15-9-11-24-10-5-6-12-28(24)29/h5-23H,1-4H3. The Balaban J connectivity index is 1.27. The Kier molecular flexibility index (Phi) is 5.47. The highest BCUT2D eigenvalue weighted by molar-refractivity contribution is 6.62. The second-order valence-electron chi connectivity index (χ2n) is 12.4. The van der Waals surface area contributed by atoms with Crippen molar-refractivity contribution in [2.45, 2.75) is 38.9 Å². The smallest absolute Gasteiger partial charge is 0.455 e. The van der Waals surface area contributed by atoms with E-state index in [0.29, 0.717) is 0 Å². The van der Waals surface area contributed by atoms with Gasteiger partial charge in [-0.2, -0.15) is 0 Å². The molecule has 1 aliphatic rings. The Morgan fingerprint density at radius 2 is 1.12 bits per heavy atom. The van der Waals surface area contributed by atoms with Gasteiger partial charge in [0.05, 0.1) is 11.2 Å². The van der Waals surface area contributed by atoms with Gasteiger partial charge in [-0.3, -0.25) is 0 Å². The van der Waals surface area contributed by atoms with Crippen molar-refractivity contribution in [3.63, 3.8) is 0 Å². The van der Waals surface area contributed by atoms with Crippen LogP contribution in [-0.4, -0.2) is 18.3 Å². The summed E-state index contributed by atoms with van der Waals surface area (Å²) in [6, 6.07) is 41.1. The molecular formula is C38H31BO3. The van der Waals surface area contributed by atoms with Crippen molar-refractivity contribution in [2.75, 3.05) is 0 Å². The van der Waals surface area contributed by atoms with Gasteiger partial charge in [0.2, 0.25) is 0 Å². The zero-order valence-corrected chi connectivity index (χ0v) is 24.3. The van der Waals surface area contributed by atoms with Crippen LogP contribution < -0.4 is 5.46 Å². The molecule has 1 aromatic heterocycles. The Bertz CT molecular complexity index is 2130. The number of hydrogen-bond donors (Lipinski definition) is 0. The minimum absolute atomic E-state index is 0.396. The number of rotatable bonds is 3. The van der Waals surface area contributed by atoms with Crippen LogP contribution in [0, 0.1) is 0 Å². The summed E-state index contributed by atoms with van der Waals surface area (Å²) in [4.78, 5) is 0. The van der Waals surface area contributed by atoms with Gasteiger partial charge in [0.1, 0.15) is 11.2 Å². The summed E-state index contributed by atoms with van der Waals surface area (Å²) >= 11 is 0. The fourth-order valence-electron chi connectivity index (χ4n) is 6.29. The van der Waals surface area contributed by atoms with Gasteiger partial charge in [0, 0.05) is 16.2 Å². The third-order valence-electron chi connectivity index (χ3n) is 9.32. The molecule has 4 heteroatoms. The molecule has 0 unspecified atom stereocenters. The maximum Gasteiger partial charge on any atom is 0.494 e. The summed E-state index contributed by atoms with van der Waals surface area (Å²) < 4.78 is 19.2. The maximum absolute atomic E-state index is 6.49. The molecule has 0 N–H and O–H groups in total. The second-order valence-corrected chi connectivity index (χ2v) is 12.4. The average molecular weight is 546 g/mol. The van der Waals surface area contributed by atoms with E-state index in [4.69, 9.17) is 13.7 Å². The summed E-state index contributed by atoms with van der Waals surface area (Å²) in [7, 11) is -0.425. The van der Waals surface area contributed by atoms with Crippen molar-refractivity contribution in [3.8, 4) is 22.3 Å². The van der Waals surface area contributed by atoms with E-state index in [2.05, 4.69) is 137 Å². The zero-order valence-electron chi connectivity index (χ0n) is 24.3. The van der Waals surface area contributed by atoms with Crippen LogP contribution in [0.2, 0.25) is 0 Å². The highest BCUT2D eigenvalue weighted by Gasteiger charge is 2.51. The van der Waals surface area contributed by atoms with Crippen LogP contribution in [0.5, 0.6) is 0 Å².